The Kier molecular flexibility index (Phi) is 6.88. The number of nitrogens with one attached hydrogen (secondary N) is 1. The van der Waals surface area contributed by atoms with Crippen molar-refractivity contribution in [3.05, 3.63) is 58.9 Å². The van der Waals surface area contributed by atoms with Crippen molar-refractivity contribution in [3.8, 4) is 5.75 Å². The zero-order chi connectivity index (χ0) is 15.0. The third-order valence-electron chi connectivity index (χ3n) is 2.50. The molecule has 0 aromatic heterocycles. The molecule has 20 heavy (non-hydrogen) atoms. The molecule has 2 rings (SSSR count). The van der Waals surface area contributed by atoms with E-state index in [2.05, 4.69) is 5.32 Å². The van der Waals surface area contributed by atoms with E-state index >= 15 is 0 Å². The van der Waals surface area contributed by atoms with Crippen LogP contribution in [0.4, 0.5) is 10.1 Å². The molecule has 0 atom stereocenters. The van der Waals surface area contributed by atoms with E-state index < -0.39 is 0 Å². The highest BCUT2D eigenvalue weighted by atomic mass is 35.5. The highest BCUT2D eigenvalue weighted by Crippen LogP contribution is 2.28. The molecule has 1 N–H and O–H groups in total. The van der Waals surface area contributed by atoms with E-state index in [-0.39, 0.29) is 12.4 Å². The van der Waals surface area contributed by atoms with Crippen molar-refractivity contribution in [2.45, 2.75) is 20.5 Å². The van der Waals surface area contributed by atoms with Crippen molar-refractivity contribution in [2.24, 2.45) is 0 Å². The minimum absolute atomic E-state index is 0.271. The Bertz CT molecular complexity index is 546. The van der Waals surface area contributed by atoms with Gasteiger partial charge in [-0.15, -0.1) is 0 Å². The summed E-state index contributed by atoms with van der Waals surface area (Å²) in [5.74, 6) is 0.313. The van der Waals surface area contributed by atoms with Crippen molar-refractivity contribution in [3.63, 3.8) is 0 Å². The summed E-state index contributed by atoms with van der Waals surface area (Å²) in [6.45, 7) is 4.29. The van der Waals surface area contributed by atoms with Crippen molar-refractivity contribution in [2.75, 3.05) is 12.4 Å². The van der Waals surface area contributed by atoms with Gasteiger partial charge in [0.05, 0.1) is 5.02 Å². The largest absolute Gasteiger partial charge is 0.487 e. The summed E-state index contributed by atoms with van der Waals surface area (Å²) < 4.78 is 18.5. The zero-order valence-corrected chi connectivity index (χ0v) is 12.7. The Morgan fingerprint density at radius 2 is 1.90 bits per heavy atom. The number of rotatable bonds is 4. The normalized spacial score (nSPS) is 9.45. The second kappa shape index (κ2) is 8.43. The number of anilines is 1. The van der Waals surface area contributed by atoms with Crippen LogP contribution in [-0.4, -0.2) is 7.05 Å². The van der Waals surface area contributed by atoms with Gasteiger partial charge in [-0.25, -0.2) is 4.39 Å². The fraction of sp³-hybridized carbons (Fsp3) is 0.250. The third-order valence-corrected chi connectivity index (χ3v) is 2.80. The minimum Gasteiger partial charge on any atom is -0.487 e. The summed E-state index contributed by atoms with van der Waals surface area (Å²) in [6, 6.07) is 11.7. The molecule has 0 aliphatic heterocycles. The minimum atomic E-state index is -0.271. The Morgan fingerprint density at radius 3 is 2.50 bits per heavy atom. The standard InChI is InChI=1S/C14H13ClFNO.C2H6/c1-17-12-5-6-14(13(15)8-12)18-9-10-3-2-4-11(16)7-10;1-2/h2-8,17H,9H2,1H3;1-2H3. The molecule has 2 aromatic carbocycles. The number of benzene rings is 2. The molecular formula is C16H19ClFNO. The van der Waals surface area contributed by atoms with Crippen LogP contribution in [0.5, 0.6) is 5.75 Å². The number of ether oxygens (including phenoxy) is 1. The Labute approximate surface area is 124 Å². The van der Waals surface area contributed by atoms with Crippen LogP contribution in [0.3, 0.4) is 0 Å². The van der Waals surface area contributed by atoms with Crippen LogP contribution >= 0.6 is 11.6 Å². The first-order valence-corrected chi connectivity index (χ1v) is 6.91. The molecular weight excluding hydrogens is 277 g/mol. The van der Waals surface area contributed by atoms with E-state index in [9.17, 15) is 4.39 Å². The first-order chi connectivity index (χ1) is 9.69. The average molecular weight is 296 g/mol. The van der Waals surface area contributed by atoms with E-state index in [1.807, 2.05) is 27.0 Å². The Balaban J connectivity index is 0.000000956. The Hall–Kier alpha value is -1.74. The van der Waals surface area contributed by atoms with Crippen molar-refractivity contribution in [1.82, 2.24) is 0 Å². The van der Waals surface area contributed by atoms with Crippen molar-refractivity contribution >= 4 is 17.3 Å². The quantitative estimate of drug-likeness (QED) is 0.844. The molecule has 0 heterocycles. The van der Waals surface area contributed by atoms with E-state index in [1.165, 1.54) is 12.1 Å². The van der Waals surface area contributed by atoms with Crippen LogP contribution in [0.15, 0.2) is 42.5 Å². The Morgan fingerprint density at radius 1 is 1.15 bits per heavy atom. The topological polar surface area (TPSA) is 21.3 Å². The molecule has 0 radical (unpaired) electrons. The third kappa shape index (κ3) is 4.74. The lowest BCUT2D eigenvalue weighted by molar-refractivity contribution is 0.306. The van der Waals surface area contributed by atoms with Gasteiger partial charge in [0.15, 0.2) is 0 Å². The first kappa shape index (κ1) is 16.3. The predicted molar refractivity (Wildman–Crippen MR) is 83.1 cm³/mol. The maximum Gasteiger partial charge on any atom is 0.138 e. The van der Waals surface area contributed by atoms with Gasteiger partial charge in [-0.05, 0) is 35.9 Å². The van der Waals surface area contributed by atoms with Gasteiger partial charge in [0, 0.05) is 12.7 Å². The fourth-order valence-corrected chi connectivity index (χ4v) is 1.80. The van der Waals surface area contributed by atoms with Crippen LogP contribution in [0, 0.1) is 5.82 Å². The smallest absolute Gasteiger partial charge is 0.138 e. The number of hydrogen-bond donors (Lipinski definition) is 1. The summed E-state index contributed by atoms with van der Waals surface area (Å²) in [4.78, 5) is 0. The number of hydrogen-bond acceptors (Lipinski definition) is 2. The summed E-state index contributed by atoms with van der Waals surface area (Å²) >= 11 is 6.07. The van der Waals surface area contributed by atoms with Crippen molar-refractivity contribution < 1.29 is 9.13 Å². The van der Waals surface area contributed by atoms with E-state index in [4.69, 9.17) is 16.3 Å². The number of halogens is 2. The molecule has 2 nitrogen and oxygen atoms in total. The maximum absolute atomic E-state index is 13.0. The van der Waals surface area contributed by atoms with Gasteiger partial charge in [-0.2, -0.15) is 0 Å². The van der Waals surface area contributed by atoms with Gasteiger partial charge < -0.3 is 10.1 Å². The molecule has 0 amide bonds. The molecule has 0 aliphatic rings. The van der Waals surface area contributed by atoms with Crippen LogP contribution in [0.1, 0.15) is 19.4 Å². The van der Waals surface area contributed by atoms with Gasteiger partial charge in [-0.3, -0.25) is 0 Å². The van der Waals surface area contributed by atoms with Crippen molar-refractivity contribution in [1.29, 1.82) is 0 Å². The van der Waals surface area contributed by atoms with E-state index in [1.54, 1.807) is 24.3 Å². The lowest BCUT2D eigenvalue weighted by Gasteiger charge is -2.09. The first-order valence-electron chi connectivity index (χ1n) is 6.53. The SMILES string of the molecule is CC.CNc1ccc(OCc2cccc(F)c2)c(Cl)c1. The van der Waals surface area contributed by atoms with E-state index in [0.717, 1.165) is 11.3 Å². The summed E-state index contributed by atoms with van der Waals surface area (Å²) in [5, 5.41) is 3.51. The van der Waals surface area contributed by atoms with E-state index in [0.29, 0.717) is 10.8 Å². The van der Waals surface area contributed by atoms with Crippen LogP contribution < -0.4 is 10.1 Å². The maximum atomic E-state index is 13.0. The summed E-state index contributed by atoms with van der Waals surface area (Å²) in [7, 11) is 1.82. The molecule has 2 aromatic rings. The highest BCUT2D eigenvalue weighted by molar-refractivity contribution is 6.32. The van der Waals surface area contributed by atoms with Crippen LogP contribution in [0.2, 0.25) is 5.02 Å². The second-order valence-corrected chi connectivity index (χ2v) is 4.22. The molecule has 0 aliphatic carbocycles. The molecule has 0 fully saturated rings. The summed E-state index contributed by atoms with van der Waals surface area (Å²) in [5.41, 5.74) is 1.68. The van der Waals surface area contributed by atoms with Gasteiger partial charge in [0.25, 0.3) is 0 Å². The molecule has 0 spiro atoms. The monoisotopic (exact) mass is 295 g/mol. The van der Waals surface area contributed by atoms with Gasteiger partial charge in [0.1, 0.15) is 18.2 Å². The highest BCUT2D eigenvalue weighted by Gasteiger charge is 2.03. The van der Waals surface area contributed by atoms with Gasteiger partial charge in [0.2, 0.25) is 0 Å². The van der Waals surface area contributed by atoms with Crippen LogP contribution in [0.25, 0.3) is 0 Å². The fourth-order valence-electron chi connectivity index (χ4n) is 1.56. The second-order valence-electron chi connectivity index (χ2n) is 3.81. The van der Waals surface area contributed by atoms with Gasteiger partial charge in [-0.1, -0.05) is 37.6 Å². The molecule has 0 unspecified atom stereocenters. The lowest BCUT2D eigenvalue weighted by Crippen LogP contribution is -1.97. The predicted octanol–water partition coefficient (Wildman–Crippen LogP) is 5.13. The zero-order valence-electron chi connectivity index (χ0n) is 11.9. The van der Waals surface area contributed by atoms with Crippen LogP contribution in [-0.2, 0) is 6.61 Å². The summed E-state index contributed by atoms with van der Waals surface area (Å²) in [6.07, 6.45) is 0. The van der Waals surface area contributed by atoms with Gasteiger partial charge >= 0.3 is 0 Å². The molecule has 0 saturated heterocycles. The molecule has 0 saturated carbocycles. The molecule has 108 valence electrons. The average Bonchev–Trinajstić information content (AvgIpc) is 2.48. The molecule has 0 bridgehead atoms. The lowest BCUT2D eigenvalue weighted by atomic mass is 10.2. The molecule has 4 heteroatoms.